The Morgan fingerprint density at radius 1 is 0.955 bits per heavy atom. The Morgan fingerprint density at radius 3 is 1.82 bits per heavy atom. The third-order valence-corrected chi connectivity index (χ3v) is 3.56. The molecule has 0 atom stereocenters. The summed E-state index contributed by atoms with van der Waals surface area (Å²) in [6, 6.07) is 12.3. The molecule has 0 spiro atoms. The maximum atomic E-state index is 5.59. The molecule has 0 amide bonds. The van der Waals surface area contributed by atoms with Crippen molar-refractivity contribution in [3.8, 4) is 0 Å². The minimum atomic E-state index is 0.876. The second kappa shape index (κ2) is 11.0. The molecule has 0 saturated heterocycles. The van der Waals surface area contributed by atoms with Crippen molar-refractivity contribution in [2.24, 2.45) is 0 Å². The van der Waals surface area contributed by atoms with Crippen LogP contribution >= 0.6 is 12.6 Å². The first-order chi connectivity index (χ1) is 10.3. The molecule has 0 aliphatic heterocycles. The van der Waals surface area contributed by atoms with Gasteiger partial charge in [0.05, 0.1) is 0 Å². The van der Waals surface area contributed by atoms with Gasteiger partial charge in [-0.2, -0.15) is 0 Å². The lowest BCUT2D eigenvalue weighted by molar-refractivity contribution is 1.23. The van der Waals surface area contributed by atoms with Gasteiger partial charge in [0.2, 0.25) is 0 Å². The van der Waals surface area contributed by atoms with E-state index in [1.807, 2.05) is 25.1 Å². The molecule has 0 heterocycles. The first-order valence-corrected chi connectivity index (χ1v) is 7.96. The van der Waals surface area contributed by atoms with E-state index in [0.29, 0.717) is 0 Å². The minimum absolute atomic E-state index is 0.876. The van der Waals surface area contributed by atoms with Crippen molar-refractivity contribution in [1.29, 1.82) is 0 Å². The second-order valence-corrected chi connectivity index (χ2v) is 5.83. The summed E-state index contributed by atoms with van der Waals surface area (Å²) in [6.45, 7) is 13.7. The van der Waals surface area contributed by atoms with Crippen LogP contribution in [-0.4, -0.2) is 0 Å². The largest absolute Gasteiger partial charge is 0.399 e. The van der Waals surface area contributed by atoms with Gasteiger partial charge in [-0.1, -0.05) is 48.4 Å². The normalized spacial score (nSPS) is 9.00. The van der Waals surface area contributed by atoms with Crippen molar-refractivity contribution in [3.63, 3.8) is 0 Å². The number of rotatable bonds is 1. The first-order valence-electron chi connectivity index (χ1n) is 7.51. The van der Waals surface area contributed by atoms with Crippen molar-refractivity contribution in [3.05, 3.63) is 71.3 Å². The number of benzene rings is 2. The molecule has 0 saturated carbocycles. The quantitative estimate of drug-likeness (QED) is 0.373. The predicted molar refractivity (Wildman–Crippen MR) is 104 cm³/mol. The first kappa shape index (κ1) is 20.3. The molecule has 22 heavy (non-hydrogen) atoms. The number of hydrogen-bond donors (Lipinski definition) is 2. The fourth-order valence-electron chi connectivity index (χ4n) is 1.55. The number of allylic oxidation sites excluding steroid dienone is 1. The van der Waals surface area contributed by atoms with Gasteiger partial charge in [0.15, 0.2) is 0 Å². The highest BCUT2D eigenvalue weighted by molar-refractivity contribution is 7.80. The summed E-state index contributed by atoms with van der Waals surface area (Å²) < 4.78 is 0. The Kier molecular flexibility index (Phi) is 10.1. The lowest BCUT2D eigenvalue weighted by Gasteiger charge is -1.98. The highest BCUT2D eigenvalue weighted by Crippen LogP contribution is 2.13. The van der Waals surface area contributed by atoms with Crippen LogP contribution in [0.1, 0.15) is 35.6 Å². The van der Waals surface area contributed by atoms with E-state index in [4.69, 9.17) is 5.73 Å². The summed E-state index contributed by atoms with van der Waals surface area (Å²) in [7, 11) is 0. The van der Waals surface area contributed by atoms with E-state index in [0.717, 1.165) is 22.6 Å². The average molecular weight is 316 g/mol. The molecule has 0 aliphatic rings. The van der Waals surface area contributed by atoms with Crippen molar-refractivity contribution in [1.82, 2.24) is 0 Å². The fraction of sp³-hybridized carbons (Fsp3) is 0.300. The van der Waals surface area contributed by atoms with E-state index in [-0.39, 0.29) is 0 Å². The van der Waals surface area contributed by atoms with Crippen molar-refractivity contribution < 1.29 is 0 Å². The molecular weight excluding hydrogens is 286 g/mol. The Labute approximate surface area is 141 Å². The van der Waals surface area contributed by atoms with Crippen LogP contribution < -0.4 is 5.73 Å². The van der Waals surface area contributed by atoms with E-state index in [1.165, 1.54) is 16.7 Å². The van der Waals surface area contributed by atoms with Crippen molar-refractivity contribution in [2.75, 3.05) is 5.73 Å². The zero-order valence-corrected chi connectivity index (χ0v) is 15.4. The van der Waals surface area contributed by atoms with Crippen LogP contribution in [0.4, 0.5) is 5.69 Å². The number of hydrogen-bond acceptors (Lipinski definition) is 2. The van der Waals surface area contributed by atoms with Gasteiger partial charge in [-0.05, 0) is 57.4 Å². The number of nitrogen functional groups attached to an aromatic ring is 1. The number of anilines is 1. The zero-order chi connectivity index (χ0) is 17.1. The lowest BCUT2D eigenvalue weighted by Crippen LogP contribution is -1.88. The van der Waals surface area contributed by atoms with E-state index >= 15 is 0 Å². The number of nitrogens with two attached hydrogens (primary N) is 1. The second-order valence-electron chi connectivity index (χ2n) is 5.35. The van der Waals surface area contributed by atoms with Crippen molar-refractivity contribution >= 4 is 18.3 Å². The summed E-state index contributed by atoms with van der Waals surface area (Å²) in [4.78, 5) is 1.08. The van der Waals surface area contributed by atoms with E-state index in [2.05, 4.69) is 71.2 Å². The Bertz CT molecular complexity index is 539. The molecule has 2 aromatic rings. The van der Waals surface area contributed by atoms with E-state index in [9.17, 15) is 0 Å². The molecule has 2 heteroatoms. The van der Waals surface area contributed by atoms with Gasteiger partial charge < -0.3 is 5.73 Å². The Hall–Kier alpha value is -1.67. The maximum absolute atomic E-state index is 5.59. The van der Waals surface area contributed by atoms with Crippen molar-refractivity contribution in [2.45, 2.75) is 45.9 Å². The van der Waals surface area contributed by atoms with Gasteiger partial charge in [0.1, 0.15) is 0 Å². The fourth-order valence-corrected chi connectivity index (χ4v) is 1.82. The van der Waals surface area contributed by atoms with Crippen LogP contribution in [0.2, 0.25) is 0 Å². The molecule has 0 aromatic heterocycles. The third-order valence-electron chi connectivity index (χ3n) is 3.08. The van der Waals surface area contributed by atoms with Crippen LogP contribution in [0.15, 0.2) is 53.9 Å². The summed E-state index contributed by atoms with van der Waals surface area (Å²) >= 11 is 4.27. The van der Waals surface area contributed by atoms with Crippen LogP contribution in [0, 0.1) is 27.7 Å². The minimum Gasteiger partial charge on any atom is -0.399 e. The molecule has 0 bridgehead atoms. The highest BCUT2D eigenvalue weighted by Gasteiger charge is 1.90. The Morgan fingerprint density at radius 2 is 1.45 bits per heavy atom. The predicted octanol–water partition coefficient (Wildman–Crippen LogP) is 6.06. The molecule has 0 radical (unpaired) electrons. The number of aryl methyl sites for hydroxylation is 4. The monoisotopic (exact) mass is 315 g/mol. The van der Waals surface area contributed by atoms with E-state index < -0.39 is 0 Å². The maximum Gasteiger partial charge on any atom is 0.0343 e. The summed E-state index contributed by atoms with van der Waals surface area (Å²) in [5.74, 6) is 0. The van der Waals surface area contributed by atoms with Gasteiger partial charge in [-0.15, -0.1) is 19.2 Å². The molecular formula is C20H29NS. The zero-order valence-electron chi connectivity index (χ0n) is 14.5. The molecule has 2 N–H and O–H groups in total. The summed E-state index contributed by atoms with van der Waals surface area (Å²) in [5.41, 5.74) is 11.4. The standard InChI is InChI=1S/C8H11N.C8H10S.C4H8/c1-6-3-4-8(9)7(2)5-6;1-6-3-4-7(2)8(9)5-6;1-3-4-2/h3-5H,9H2,1-2H3;3-5,9H,1-2H3;3H,1,4H2,2H3. The molecule has 2 rings (SSSR count). The third kappa shape index (κ3) is 8.58. The smallest absolute Gasteiger partial charge is 0.0343 e. The molecule has 0 unspecified atom stereocenters. The van der Waals surface area contributed by atoms with Gasteiger partial charge in [0, 0.05) is 10.6 Å². The lowest BCUT2D eigenvalue weighted by atomic mass is 10.1. The van der Waals surface area contributed by atoms with E-state index in [1.54, 1.807) is 0 Å². The summed E-state index contributed by atoms with van der Waals surface area (Å²) in [6.07, 6.45) is 2.96. The molecule has 0 fully saturated rings. The topological polar surface area (TPSA) is 26.0 Å². The van der Waals surface area contributed by atoms with Gasteiger partial charge >= 0.3 is 0 Å². The van der Waals surface area contributed by atoms with Gasteiger partial charge in [-0.25, -0.2) is 0 Å². The molecule has 1 nitrogen and oxygen atoms in total. The van der Waals surface area contributed by atoms with Gasteiger partial charge in [-0.3, -0.25) is 0 Å². The average Bonchev–Trinajstić information content (AvgIpc) is 2.48. The van der Waals surface area contributed by atoms with Crippen LogP contribution in [0.3, 0.4) is 0 Å². The van der Waals surface area contributed by atoms with Gasteiger partial charge in [0.25, 0.3) is 0 Å². The van der Waals surface area contributed by atoms with Crippen LogP contribution in [-0.2, 0) is 0 Å². The highest BCUT2D eigenvalue weighted by atomic mass is 32.1. The summed E-state index contributed by atoms with van der Waals surface area (Å²) in [5, 5.41) is 0. The van der Waals surface area contributed by atoms with Crippen LogP contribution in [0.25, 0.3) is 0 Å². The molecule has 0 aliphatic carbocycles. The molecule has 120 valence electrons. The Balaban J connectivity index is 0.000000326. The van der Waals surface area contributed by atoms with Crippen LogP contribution in [0.5, 0.6) is 0 Å². The SMILES string of the molecule is C=CCC.Cc1ccc(C)c(S)c1.Cc1ccc(N)c(C)c1. The molecule has 2 aromatic carbocycles. The number of thiol groups is 1.